The Labute approximate surface area is 280 Å². The number of ether oxygens (including phenoxy) is 3. The lowest BCUT2D eigenvalue weighted by molar-refractivity contribution is -0.139. The molecule has 2 heterocycles. The lowest BCUT2D eigenvalue weighted by Gasteiger charge is -2.24. The fourth-order valence-corrected chi connectivity index (χ4v) is 7.41. The van der Waals surface area contributed by atoms with Crippen LogP contribution in [0, 0.1) is 6.92 Å². The largest absolute Gasteiger partial charge is 0.487 e. The molecule has 232 valence electrons. The first-order valence-electron chi connectivity index (χ1n) is 14.2. The highest BCUT2D eigenvalue weighted by Gasteiger charge is 2.33. The van der Waals surface area contributed by atoms with Gasteiger partial charge in [0.2, 0.25) is 0 Å². The van der Waals surface area contributed by atoms with E-state index in [4.69, 9.17) is 14.2 Å². The number of rotatable bonds is 9. The summed E-state index contributed by atoms with van der Waals surface area (Å²) in [5.41, 5.74) is 4.61. The van der Waals surface area contributed by atoms with Gasteiger partial charge in [-0.25, -0.2) is 14.6 Å². The molecule has 0 amide bonds. The normalized spacial score (nSPS) is 14.5. The van der Waals surface area contributed by atoms with Gasteiger partial charge in [-0.05, 0) is 107 Å². The maximum atomic E-state index is 13.9. The Morgan fingerprint density at radius 2 is 1.56 bits per heavy atom. The van der Waals surface area contributed by atoms with Gasteiger partial charge in [0.15, 0.2) is 4.80 Å². The zero-order valence-electron chi connectivity index (χ0n) is 25.1. The first-order valence-corrected chi connectivity index (χ1v) is 16.7. The maximum Gasteiger partial charge on any atom is 0.338 e. The Morgan fingerprint density at radius 1 is 0.933 bits per heavy atom. The fourth-order valence-electron chi connectivity index (χ4n) is 4.91. The van der Waals surface area contributed by atoms with Crippen molar-refractivity contribution in [3.8, 4) is 5.75 Å². The molecule has 0 N–H and O–H groups in total. The number of hydrogen-bond donors (Lipinski definition) is 0. The number of benzene rings is 3. The van der Waals surface area contributed by atoms with Gasteiger partial charge < -0.3 is 14.2 Å². The molecule has 1 aliphatic heterocycles. The number of aromatic nitrogens is 1. The molecular formula is C34H30Br2N2O6S. The Bertz CT molecular complexity index is 1960. The van der Waals surface area contributed by atoms with E-state index in [0.29, 0.717) is 47.5 Å². The van der Waals surface area contributed by atoms with E-state index in [1.54, 1.807) is 43.5 Å². The molecule has 45 heavy (non-hydrogen) atoms. The van der Waals surface area contributed by atoms with Crippen molar-refractivity contribution in [2.24, 2.45) is 4.99 Å². The van der Waals surface area contributed by atoms with Gasteiger partial charge in [-0.3, -0.25) is 9.36 Å². The van der Waals surface area contributed by atoms with Crippen molar-refractivity contribution >= 4 is 61.2 Å². The highest BCUT2D eigenvalue weighted by Crippen LogP contribution is 2.36. The van der Waals surface area contributed by atoms with E-state index in [1.807, 2.05) is 55.5 Å². The number of nitrogens with zero attached hydrogens (tertiary/aromatic N) is 2. The van der Waals surface area contributed by atoms with Gasteiger partial charge in [-0.1, -0.05) is 53.3 Å². The molecular weight excluding hydrogens is 724 g/mol. The minimum Gasteiger partial charge on any atom is -0.487 e. The fraction of sp³-hybridized carbons (Fsp3) is 0.235. The van der Waals surface area contributed by atoms with E-state index in [9.17, 15) is 14.4 Å². The summed E-state index contributed by atoms with van der Waals surface area (Å²) < 4.78 is 19.9. The SMILES string of the molecule is CCOC(=O)C1=C(C)N=c2s/c(=C\c3cc(Br)c(OCc4ccc(C(=O)OCC)cc4)c(Br)c3)c(=O)n2[C@@H]1c1ccc(C)cc1. The summed E-state index contributed by atoms with van der Waals surface area (Å²) in [7, 11) is 0. The molecule has 1 aliphatic rings. The molecule has 0 spiro atoms. The number of carbonyl (C=O) groups is 2. The number of hydrogen-bond acceptors (Lipinski definition) is 8. The Hall–Kier alpha value is -3.80. The molecule has 1 aromatic heterocycles. The number of halogens is 2. The van der Waals surface area contributed by atoms with Crippen LogP contribution in [-0.2, 0) is 20.9 Å². The molecule has 0 bridgehead atoms. The van der Waals surface area contributed by atoms with Crippen molar-refractivity contribution in [3.05, 3.63) is 128 Å². The summed E-state index contributed by atoms with van der Waals surface area (Å²) in [5.74, 6) is -0.257. The lowest BCUT2D eigenvalue weighted by atomic mass is 9.95. The third-order valence-corrected chi connectivity index (χ3v) is 9.24. The molecule has 8 nitrogen and oxygen atoms in total. The number of carbonyl (C=O) groups excluding carboxylic acids is 2. The number of esters is 2. The molecule has 0 fully saturated rings. The van der Waals surface area contributed by atoms with Crippen LogP contribution in [0.25, 0.3) is 6.08 Å². The summed E-state index contributed by atoms with van der Waals surface area (Å²) >= 11 is 8.48. The minimum absolute atomic E-state index is 0.214. The van der Waals surface area contributed by atoms with Gasteiger partial charge in [-0.2, -0.15) is 0 Å². The van der Waals surface area contributed by atoms with Crippen molar-refractivity contribution in [1.82, 2.24) is 4.57 Å². The topological polar surface area (TPSA) is 96.2 Å². The average Bonchev–Trinajstić information content (AvgIpc) is 3.30. The average molecular weight is 754 g/mol. The van der Waals surface area contributed by atoms with E-state index >= 15 is 0 Å². The van der Waals surface area contributed by atoms with Crippen molar-refractivity contribution in [2.75, 3.05) is 13.2 Å². The highest BCUT2D eigenvalue weighted by atomic mass is 79.9. The second kappa shape index (κ2) is 14.1. The van der Waals surface area contributed by atoms with Gasteiger partial charge in [-0.15, -0.1) is 0 Å². The van der Waals surface area contributed by atoms with E-state index < -0.39 is 12.0 Å². The summed E-state index contributed by atoms with van der Waals surface area (Å²) in [6.07, 6.45) is 1.80. The van der Waals surface area contributed by atoms with Crippen LogP contribution in [0.3, 0.4) is 0 Å². The first-order chi connectivity index (χ1) is 21.6. The van der Waals surface area contributed by atoms with Gasteiger partial charge >= 0.3 is 11.9 Å². The molecule has 0 saturated heterocycles. The zero-order valence-corrected chi connectivity index (χ0v) is 29.0. The van der Waals surface area contributed by atoms with Crippen LogP contribution in [-0.4, -0.2) is 29.7 Å². The highest BCUT2D eigenvalue weighted by molar-refractivity contribution is 9.11. The third-order valence-electron chi connectivity index (χ3n) is 7.08. The van der Waals surface area contributed by atoms with Crippen LogP contribution in [0.15, 0.2) is 90.7 Å². The molecule has 0 saturated carbocycles. The second-order valence-electron chi connectivity index (χ2n) is 10.2. The molecule has 1 atom stereocenters. The zero-order chi connectivity index (χ0) is 32.2. The molecule has 5 rings (SSSR count). The van der Waals surface area contributed by atoms with Crippen molar-refractivity contribution < 1.29 is 23.8 Å². The van der Waals surface area contributed by atoms with Crippen LogP contribution in [0.2, 0.25) is 0 Å². The number of allylic oxidation sites excluding steroid dienone is 1. The monoisotopic (exact) mass is 752 g/mol. The minimum atomic E-state index is -0.663. The molecule has 4 aromatic rings. The lowest BCUT2D eigenvalue weighted by Crippen LogP contribution is -2.39. The van der Waals surface area contributed by atoms with Gasteiger partial charge in [0.1, 0.15) is 12.4 Å². The molecule has 0 unspecified atom stereocenters. The summed E-state index contributed by atoms with van der Waals surface area (Å²) in [4.78, 5) is 44.1. The summed E-state index contributed by atoms with van der Waals surface area (Å²) in [5, 5.41) is 0. The van der Waals surface area contributed by atoms with Crippen LogP contribution < -0.4 is 19.6 Å². The Morgan fingerprint density at radius 3 is 2.18 bits per heavy atom. The predicted octanol–water partition coefficient (Wildman–Crippen LogP) is 6.39. The predicted molar refractivity (Wildman–Crippen MR) is 180 cm³/mol. The maximum absolute atomic E-state index is 13.9. The molecule has 0 radical (unpaired) electrons. The van der Waals surface area contributed by atoms with Crippen LogP contribution in [0.1, 0.15) is 59.4 Å². The van der Waals surface area contributed by atoms with Crippen molar-refractivity contribution in [3.63, 3.8) is 0 Å². The Balaban J connectivity index is 1.46. The Kier molecular flexibility index (Phi) is 10.2. The number of thiazole rings is 1. The smallest absolute Gasteiger partial charge is 0.338 e. The standard InChI is InChI=1S/C34H30Br2N2O6S/c1-5-42-32(40)24-13-9-21(10-14-24)18-44-30-25(35)15-22(16-26(30)36)17-27-31(39)38-29(23-11-7-19(3)8-12-23)28(33(41)43-6-2)20(4)37-34(38)45-27/h7-17,29H,5-6,18H2,1-4H3/b27-17-/t29-/m1/s1. The van der Waals surface area contributed by atoms with E-state index in [2.05, 4.69) is 36.9 Å². The quantitative estimate of drug-likeness (QED) is 0.184. The molecule has 3 aromatic carbocycles. The van der Waals surface area contributed by atoms with Crippen LogP contribution >= 0.6 is 43.2 Å². The number of fused-ring (bicyclic) bond motifs is 1. The van der Waals surface area contributed by atoms with Crippen LogP contribution in [0.4, 0.5) is 0 Å². The van der Waals surface area contributed by atoms with Gasteiger partial charge in [0.05, 0.1) is 49.6 Å². The van der Waals surface area contributed by atoms with Crippen molar-refractivity contribution in [2.45, 2.75) is 40.3 Å². The van der Waals surface area contributed by atoms with E-state index in [1.165, 1.54) is 11.3 Å². The third kappa shape index (κ3) is 7.05. The van der Waals surface area contributed by atoms with Crippen molar-refractivity contribution in [1.29, 1.82) is 0 Å². The second-order valence-corrected chi connectivity index (χ2v) is 13.0. The summed E-state index contributed by atoms with van der Waals surface area (Å²) in [6.45, 7) is 8.09. The number of aryl methyl sites for hydroxylation is 1. The molecule has 11 heteroatoms. The van der Waals surface area contributed by atoms with Crippen LogP contribution in [0.5, 0.6) is 5.75 Å². The van der Waals surface area contributed by atoms with Gasteiger partial charge in [0.25, 0.3) is 5.56 Å². The van der Waals surface area contributed by atoms with Gasteiger partial charge in [0, 0.05) is 0 Å². The molecule has 0 aliphatic carbocycles. The first kappa shape index (κ1) is 32.6. The van der Waals surface area contributed by atoms with E-state index in [0.717, 1.165) is 22.3 Å². The van der Waals surface area contributed by atoms with E-state index in [-0.39, 0.29) is 24.7 Å². The summed E-state index contributed by atoms with van der Waals surface area (Å²) in [6, 6.07) is 17.9.